The summed E-state index contributed by atoms with van der Waals surface area (Å²) in [7, 11) is -2.87. The van der Waals surface area contributed by atoms with Crippen molar-refractivity contribution < 1.29 is 13.2 Å². The van der Waals surface area contributed by atoms with Crippen LogP contribution in [-0.2, 0) is 9.84 Å². The normalized spacial score (nSPS) is 21.3. The van der Waals surface area contributed by atoms with Gasteiger partial charge in [-0.05, 0) is 37.8 Å². The third-order valence-corrected chi connectivity index (χ3v) is 5.34. The number of hydrogen-bond acceptors (Lipinski definition) is 3. The van der Waals surface area contributed by atoms with Gasteiger partial charge in [-0.15, -0.1) is 0 Å². The Morgan fingerprint density at radius 3 is 2.68 bits per heavy atom. The van der Waals surface area contributed by atoms with Gasteiger partial charge in [-0.2, -0.15) is 0 Å². The third kappa shape index (κ3) is 3.56. The molecule has 0 spiro atoms. The molecule has 0 unspecified atom stereocenters. The van der Waals surface area contributed by atoms with Crippen LogP contribution in [0.15, 0.2) is 18.2 Å². The Morgan fingerprint density at radius 1 is 1.37 bits per heavy atom. The highest BCUT2D eigenvalue weighted by molar-refractivity contribution is 7.91. The van der Waals surface area contributed by atoms with Crippen LogP contribution in [0.25, 0.3) is 0 Å². The first-order valence-electron chi connectivity index (χ1n) is 6.43. The zero-order valence-corrected chi connectivity index (χ0v) is 12.1. The molecule has 1 aromatic carbocycles. The average Bonchev–Trinajstić information content (AvgIpc) is 2.66. The zero-order valence-electron chi connectivity index (χ0n) is 11.3. The van der Waals surface area contributed by atoms with Gasteiger partial charge in [0.05, 0.1) is 11.5 Å². The molecule has 0 radical (unpaired) electrons. The van der Waals surface area contributed by atoms with E-state index in [-0.39, 0.29) is 23.3 Å². The van der Waals surface area contributed by atoms with Crippen LogP contribution < -0.4 is 5.32 Å². The van der Waals surface area contributed by atoms with Gasteiger partial charge in [0, 0.05) is 12.1 Å². The molecule has 1 fully saturated rings. The molecule has 0 bridgehead atoms. The van der Waals surface area contributed by atoms with Crippen molar-refractivity contribution in [3.05, 3.63) is 34.9 Å². The topological polar surface area (TPSA) is 63.2 Å². The standard InChI is InChI=1S/C14H19NO3S/c1-10-3-4-13(11(2)7-10)14(16)15-8-12-5-6-19(17,18)9-12/h3-4,7,12H,5-6,8-9H2,1-2H3,(H,15,16)/t12-/m1/s1. The molecule has 0 aliphatic carbocycles. The number of carbonyl (C=O) groups is 1. The molecule has 2 rings (SSSR count). The Labute approximate surface area is 114 Å². The summed E-state index contributed by atoms with van der Waals surface area (Å²) in [4.78, 5) is 12.0. The second-order valence-corrected chi connectivity index (χ2v) is 7.53. The Bertz CT molecular complexity index is 593. The van der Waals surface area contributed by atoms with Crippen molar-refractivity contribution in [3.63, 3.8) is 0 Å². The van der Waals surface area contributed by atoms with Gasteiger partial charge in [0.25, 0.3) is 5.91 Å². The second-order valence-electron chi connectivity index (χ2n) is 5.30. The summed E-state index contributed by atoms with van der Waals surface area (Å²) < 4.78 is 22.7. The van der Waals surface area contributed by atoms with Gasteiger partial charge < -0.3 is 5.32 Å². The first kappa shape index (κ1) is 14.1. The lowest BCUT2D eigenvalue weighted by Gasteiger charge is -2.11. The molecular formula is C14H19NO3S. The first-order chi connectivity index (χ1) is 8.87. The highest BCUT2D eigenvalue weighted by atomic mass is 32.2. The van der Waals surface area contributed by atoms with Crippen molar-refractivity contribution >= 4 is 15.7 Å². The van der Waals surface area contributed by atoms with E-state index >= 15 is 0 Å². The Kier molecular flexibility index (Phi) is 3.94. The summed E-state index contributed by atoms with van der Waals surface area (Å²) >= 11 is 0. The number of rotatable bonds is 3. The largest absolute Gasteiger partial charge is 0.352 e. The van der Waals surface area contributed by atoms with E-state index in [1.165, 1.54) is 0 Å². The highest BCUT2D eigenvalue weighted by Gasteiger charge is 2.28. The minimum atomic E-state index is -2.87. The predicted octanol–water partition coefficient (Wildman–Crippen LogP) is 1.47. The molecular weight excluding hydrogens is 262 g/mol. The van der Waals surface area contributed by atoms with E-state index in [1.807, 2.05) is 32.0 Å². The summed E-state index contributed by atoms with van der Waals surface area (Å²) in [5, 5.41) is 2.84. The molecule has 1 saturated heterocycles. The molecule has 1 heterocycles. The number of aryl methyl sites for hydroxylation is 2. The maximum absolute atomic E-state index is 12.0. The molecule has 0 aromatic heterocycles. The molecule has 1 aliphatic heterocycles. The van der Waals surface area contributed by atoms with Crippen molar-refractivity contribution in [1.82, 2.24) is 5.32 Å². The molecule has 1 N–H and O–H groups in total. The van der Waals surface area contributed by atoms with Crippen LogP contribution >= 0.6 is 0 Å². The molecule has 1 aliphatic rings. The van der Waals surface area contributed by atoms with Gasteiger partial charge >= 0.3 is 0 Å². The van der Waals surface area contributed by atoms with Gasteiger partial charge in [0.2, 0.25) is 0 Å². The molecule has 5 heteroatoms. The fourth-order valence-corrected chi connectivity index (χ4v) is 4.30. The average molecular weight is 281 g/mol. The maximum atomic E-state index is 12.0. The van der Waals surface area contributed by atoms with E-state index in [9.17, 15) is 13.2 Å². The second kappa shape index (κ2) is 5.33. The zero-order chi connectivity index (χ0) is 14.0. The van der Waals surface area contributed by atoms with Gasteiger partial charge in [-0.1, -0.05) is 17.7 Å². The van der Waals surface area contributed by atoms with Crippen LogP contribution in [0.5, 0.6) is 0 Å². The fraction of sp³-hybridized carbons (Fsp3) is 0.500. The minimum absolute atomic E-state index is 0.0553. The van der Waals surface area contributed by atoms with E-state index in [4.69, 9.17) is 0 Å². The molecule has 104 valence electrons. The summed E-state index contributed by atoms with van der Waals surface area (Å²) in [5.74, 6) is 0.374. The van der Waals surface area contributed by atoms with Crippen LogP contribution in [0.2, 0.25) is 0 Å². The van der Waals surface area contributed by atoms with E-state index in [0.717, 1.165) is 11.1 Å². The van der Waals surface area contributed by atoms with Crippen molar-refractivity contribution in [1.29, 1.82) is 0 Å². The van der Waals surface area contributed by atoms with Gasteiger partial charge in [-0.25, -0.2) is 8.42 Å². The molecule has 1 aromatic rings. The van der Waals surface area contributed by atoms with E-state index < -0.39 is 9.84 Å². The lowest BCUT2D eigenvalue weighted by Crippen LogP contribution is -2.30. The molecule has 1 amide bonds. The molecule has 4 nitrogen and oxygen atoms in total. The number of sulfone groups is 1. The SMILES string of the molecule is Cc1ccc(C(=O)NC[C@H]2CCS(=O)(=O)C2)c(C)c1. The predicted molar refractivity (Wildman–Crippen MR) is 75.0 cm³/mol. The molecule has 1 atom stereocenters. The van der Waals surface area contributed by atoms with Crippen LogP contribution in [0.4, 0.5) is 0 Å². The monoisotopic (exact) mass is 281 g/mol. The Balaban J connectivity index is 1.95. The summed E-state index contributed by atoms with van der Waals surface area (Å²) in [6, 6.07) is 5.68. The summed E-state index contributed by atoms with van der Waals surface area (Å²) in [6.45, 7) is 4.32. The number of carbonyl (C=O) groups excluding carboxylic acids is 1. The molecule has 0 saturated carbocycles. The van der Waals surface area contributed by atoms with Crippen molar-refractivity contribution in [3.8, 4) is 0 Å². The first-order valence-corrected chi connectivity index (χ1v) is 8.25. The maximum Gasteiger partial charge on any atom is 0.251 e. The number of amides is 1. The van der Waals surface area contributed by atoms with E-state index in [1.54, 1.807) is 0 Å². The van der Waals surface area contributed by atoms with Gasteiger partial charge in [0.15, 0.2) is 9.84 Å². The van der Waals surface area contributed by atoms with Crippen LogP contribution in [0, 0.1) is 19.8 Å². The number of nitrogens with one attached hydrogen (secondary N) is 1. The van der Waals surface area contributed by atoms with Crippen LogP contribution in [-0.4, -0.2) is 32.4 Å². The minimum Gasteiger partial charge on any atom is -0.352 e. The van der Waals surface area contributed by atoms with Crippen molar-refractivity contribution in [2.75, 3.05) is 18.1 Å². The van der Waals surface area contributed by atoms with Gasteiger partial charge in [0.1, 0.15) is 0 Å². The summed E-state index contributed by atoms with van der Waals surface area (Å²) in [6.07, 6.45) is 0.648. The van der Waals surface area contributed by atoms with Crippen LogP contribution in [0.3, 0.4) is 0 Å². The quantitative estimate of drug-likeness (QED) is 0.912. The number of benzene rings is 1. The van der Waals surface area contributed by atoms with E-state index in [0.29, 0.717) is 18.5 Å². The highest BCUT2D eigenvalue weighted by Crippen LogP contribution is 2.17. The number of hydrogen-bond donors (Lipinski definition) is 1. The lowest BCUT2D eigenvalue weighted by molar-refractivity contribution is 0.0948. The van der Waals surface area contributed by atoms with Gasteiger partial charge in [-0.3, -0.25) is 4.79 Å². The Hall–Kier alpha value is -1.36. The van der Waals surface area contributed by atoms with Crippen LogP contribution in [0.1, 0.15) is 27.9 Å². The van der Waals surface area contributed by atoms with E-state index in [2.05, 4.69) is 5.32 Å². The van der Waals surface area contributed by atoms with Crippen molar-refractivity contribution in [2.24, 2.45) is 5.92 Å². The third-order valence-electron chi connectivity index (χ3n) is 3.50. The lowest BCUT2D eigenvalue weighted by atomic mass is 10.0. The smallest absolute Gasteiger partial charge is 0.251 e. The fourth-order valence-electron chi connectivity index (χ4n) is 2.43. The summed E-state index contributed by atoms with van der Waals surface area (Å²) in [5.41, 5.74) is 2.72. The van der Waals surface area contributed by atoms with Crippen molar-refractivity contribution in [2.45, 2.75) is 20.3 Å². The Morgan fingerprint density at radius 2 is 2.11 bits per heavy atom. The molecule has 19 heavy (non-hydrogen) atoms.